The third kappa shape index (κ3) is 3.40. The maximum absolute atomic E-state index is 12.9. The monoisotopic (exact) mass is 414 g/mol. The number of aromatic nitrogens is 2. The van der Waals surface area contributed by atoms with Crippen LogP contribution in [0.2, 0.25) is 0 Å². The van der Waals surface area contributed by atoms with E-state index in [9.17, 15) is 9.59 Å². The molecule has 0 spiro atoms. The van der Waals surface area contributed by atoms with Crippen molar-refractivity contribution in [1.29, 1.82) is 0 Å². The quantitative estimate of drug-likeness (QED) is 0.451. The van der Waals surface area contributed by atoms with Crippen molar-refractivity contribution >= 4 is 32.7 Å². The van der Waals surface area contributed by atoms with E-state index < -0.39 is 4.83 Å². The molecular weight excluding hydrogens is 392 g/mol. The van der Waals surface area contributed by atoms with E-state index in [0.29, 0.717) is 18.0 Å². The van der Waals surface area contributed by atoms with Crippen LogP contribution in [0.5, 0.6) is 0 Å². The summed E-state index contributed by atoms with van der Waals surface area (Å²) in [5.41, 5.74) is 4.24. The van der Waals surface area contributed by atoms with Gasteiger partial charge in [-0.25, -0.2) is 4.79 Å². The Labute approximate surface area is 161 Å². The molecule has 0 saturated heterocycles. The Morgan fingerprint density at radius 3 is 2.50 bits per heavy atom. The van der Waals surface area contributed by atoms with Gasteiger partial charge in [0.25, 0.3) is 0 Å². The van der Waals surface area contributed by atoms with Gasteiger partial charge in [-0.1, -0.05) is 59.6 Å². The molecule has 1 heterocycles. The number of halogens is 1. The summed E-state index contributed by atoms with van der Waals surface area (Å²) in [6.07, 6.45) is 0. The lowest BCUT2D eigenvalue weighted by Crippen LogP contribution is -2.24. The van der Waals surface area contributed by atoms with Crippen molar-refractivity contribution in [2.75, 3.05) is 0 Å². The van der Waals surface area contributed by atoms with Crippen LogP contribution >= 0.6 is 15.9 Å². The van der Waals surface area contributed by atoms with Crippen LogP contribution in [0.15, 0.2) is 47.3 Å². The van der Waals surface area contributed by atoms with E-state index in [4.69, 9.17) is 0 Å². The highest BCUT2D eigenvalue weighted by Gasteiger charge is 2.21. The molecule has 0 aliphatic heterocycles. The van der Waals surface area contributed by atoms with Gasteiger partial charge in [-0.3, -0.25) is 13.9 Å². The molecule has 0 aliphatic carbocycles. The van der Waals surface area contributed by atoms with Crippen molar-refractivity contribution in [2.45, 2.75) is 32.1 Å². The molecule has 136 valence electrons. The topological polar surface area (TPSA) is 44.0 Å². The van der Waals surface area contributed by atoms with E-state index >= 15 is 0 Å². The van der Waals surface area contributed by atoms with Crippen LogP contribution in [0, 0.1) is 12.8 Å². The van der Waals surface area contributed by atoms with E-state index in [1.807, 2.05) is 49.4 Å². The van der Waals surface area contributed by atoms with Gasteiger partial charge in [0.05, 0.1) is 11.0 Å². The van der Waals surface area contributed by atoms with Crippen molar-refractivity contribution in [1.82, 2.24) is 9.13 Å². The smallest absolute Gasteiger partial charge is 0.295 e. The molecule has 3 rings (SSSR count). The molecular formula is C21H23BrN2O2. The normalized spacial score (nSPS) is 12.7. The fraction of sp³-hybridized carbons (Fsp3) is 0.333. The summed E-state index contributed by atoms with van der Waals surface area (Å²) >= 11 is 3.53. The number of hydrogen-bond acceptors (Lipinski definition) is 2. The highest BCUT2D eigenvalue weighted by atomic mass is 79.9. The number of hydrogen-bond donors (Lipinski definition) is 0. The summed E-state index contributed by atoms with van der Waals surface area (Å²) in [5.74, 6) is 0.356. The van der Waals surface area contributed by atoms with Gasteiger partial charge in [-0.15, -0.1) is 0 Å². The van der Waals surface area contributed by atoms with Crippen molar-refractivity contribution < 1.29 is 4.79 Å². The second-order valence-electron chi connectivity index (χ2n) is 7.19. The van der Waals surface area contributed by atoms with E-state index in [-0.39, 0.29) is 11.5 Å². The van der Waals surface area contributed by atoms with Crippen LogP contribution in [-0.2, 0) is 13.6 Å². The van der Waals surface area contributed by atoms with Gasteiger partial charge in [0, 0.05) is 19.2 Å². The Morgan fingerprint density at radius 2 is 1.85 bits per heavy atom. The molecule has 2 aromatic carbocycles. The molecule has 26 heavy (non-hydrogen) atoms. The number of imidazole rings is 1. The molecule has 3 aromatic rings. The molecule has 0 saturated carbocycles. The zero-order chi connectivity index (χ0) is 19.0. The summed E-state index contributed by atoms with van der Waals surface area (Å²) in [4.78, 5) is 25.1. The van der Waals surface area contributed by atoms with Crippen molar-refractivity contribution in [3.05, 3.63) is 69.6 Å². The highest BCUT2D eigenvalue weighted by molar-refractivity contribution is 9.09. The number of nitrogens with zero attached hydrogens (tertiary/aromatic N) is 2. The van der Waals surface area contributed by atoms with E-state index in [1.54, 1.807) is 16.2 Å². The van der Waals surface area contributed by atoms with Crippen LogP contribution in [0.4, 0.5) is 0 Å². The van der Waals surface area contributed by atoms with Gasteiger partial charge in [0.2, 0.25) is 0 Å². The first-order valence-electron chi connectivity index (χ1n) is 8.73. The molecule has 0 radical (unpaired) electrons. The molecule has 5 heteroatoms. The first-order chi connectivity index (χ1) is 12.3. The molecule has 0 bridgehead atoms. The Hall–Kier alpha value is -2.14. The Balaban J connectivity index is 2.02. The van der Waals surface area contributed by atoms with E-state index in [2.05, 4.69) is 29.8 Å². The molecule has 0 amide bonds. The summed E-state index contributed by atoms with van der Waals surface area (Å²) in [6, 6.07) is 13.4. The number of carbonyl (C=O) groups excluding carboxylic acids is 1. The number of carbonyl (C=O) groups is 1. The van der Waals surface area contributed by atoms with Gasteiger partial charge < -0.3 is 0 Å². The number of rotatable bonds is 5. The van der Waals surface area contributed by atoms with Gasteiger partial charge in [0.1, 0.15) is 4.83 Å². The SMILES string of the molecule is Cc1cccc(C(Br)C(=O)c2ccc3c(c2)n(C)c(=O)n3CC(C)C)c1. The van der Waals surface area contributed by atoms with E-state index in [0.717, 1.165) is 22.2 Å². The predicted octanol–water partition coefficient (Wildman–Crippen LogP) is 4.62. The zero-order valence-corrected chi connectivity index (χ0v) is 17.1. The van der Waals surface area contributed by atoms with Gasteiger partial charge in [-0.05, 0) is 36.6 Å². The summed E-state index contributed by atoms with van der Waals surface area (Å²) in [5, 5.41) is 0. The fourth-order valence-electron chi connectivity index (χ4n) is 3.23. The first-order valence-corrected chi connectivity index (χ1v) is 9.65. The predicted molar refractivity (Wildman–Crippen MR) is 109 cm³/mol. The molecule has 1 unspecified atom stereocenters. The molecule has 4 nitrogen and oxygen atoms in total. The summed E-state index contributed by atoms with van der Waals surface area (Å²) in [7, 11) is 1.75. The molecule has 0 aliphatic rings. The zero-order valence-electron chi connectivity index (χ0n) is 15.5. The lowest BCUT2D eigenvalue weighted by Gasteiger charge is -2.11. The van der Waals surface area contributed by atoms with Crippen LogP contribution in [0.1, 0.15) is 40.2 Å². The average molecular weight is 415 g/mol. The molecule has 0 N–H and O–H groups in total. The molecule has 1 aromatic heterocycles. The van der Waals surface area contributed by atoms with Gasteiger partial charge >= 0.3 is 5.69 Å². The van der Waals surface area contributed by atoms with Crippen LogP contribution < -0.4 is 5.69 Å². The third-order valence-corrected chi connectivity index (χ3v) is 5.49. The maximum Gasteiger partial charge on any atom is 0.328 e. The standard InChI is InChI=1S/C21H23BrN2O2/c1-13(2)12-24-17-9-8-16(11-18(17)23(4)21(24)26)20(25)19(22)15-7-5-6-14(3)10-15/h5-11,13,19H,12H2,1-4H3. The number of fused-ring (bicyclic) bond motifs is 1. The minimum atomic E-state index is -0.408. The van der Waals surface area contributed by atoms with Crippen LogP contribution in [-0.4, -0.2) is 14.9 Å². The highest BCUT2D eigenvalue weighted by Crippen LogP contribution is 2.29. The van der Waals surface area contributed by atoms with Crippen LogP contribution in [0.25, 0.3) is 11.0 Å². The summed E-state index contributed by atoms with van der Waals surface area (Å²) in [6.45, 7) is 6.84. The second-order valence-corrected chi connectivity index (χ2v) is 8.11. The average Bonchev–Trinajstić information content (AvgIpc) is 2.84. The number of aryl methyl sites for hydroxylation is 2. The Bertz CT molecular complexity index is 1030. The minimum Gasteiger partial charge on any atom is -0.295 e. The lowest BCUT2D eigenvalue weighted by atomic mass is 10.0. The maximum atomic E-state index is 12.9. The van der Waals surface area contributed by atoms with E-state index in [1.165, 1.54) is 0 Å². The van der Waals surface area contributed by atoms with Crippen molar-refractivity contribution in [3.63, 3.8) is 0 Å². The Kier molecular flexibility index (Phi) is 5.19. The lowest BCUT2D eigenvalue weighted by molar-refractivity contribution is 0.0991. The van der Waals surface area contributed by atoms with Crippen molar-refractivity contribution in [2.24, 2.45) is 13.0 Å². The first kappa shape index (κ1) is 18.6. The molecule has 1 atom stereocenters. The fourth-order valence-corrected chi connectivity index (χ4v) is 3.78. The largest absolute Gasteiger partial charge is 0.328 e. The number of benzene rings is 2. The van der Waals surface area contributed by atoms with Gasteiger partial charge in [-0.2, -0.15) is 0 Å². The molecule has 0 fully saturated rings. The number of alkyl halides is 1. The van der Waals surface area contributed by atoms with Crippen molar-refractivity contribution in [3.8, 4) is 0 Å². The number of Topliss-reactive ketones (excluding diaryl/α,β-unsaturated/α-hetero) is 1. The number of ketones is 1. The minimum absolute atomic E-state index is 0.0124. The third-order valence-electron chi connectivity index (χ3n) is 4.54. The van der Waals surface area contributed by atoms with Gasteiger partial charge in [0.15, 0.2) is 5.78 Å². The Morgan fingerprint density at radius 1 is 1.12 bits per heavy atom. The summed E-state index contributed by atoms with van der Waals surface area (Å²) < 4.78 is 3.39. The van der Waals surface area contributed by atoms with Crippen LogP contribution in [0.3, 0.4) is 0 Å². The second kappa shape index (κ2) is 7.23.